The van der Waals surface area contributed by atoms with Crippen molar-refractivity contribution in [1.82, 2.24) is 0 Å². The van der Waals surface area contributed by atoms with E-state index in [1.54, 1.807) is 0 Å². The number of hydrogen-bond acceptors (Lipinski definition) is 7. The van der Waals surface area contributed by atoms with Crippen LogP contribution in [0.25, 0.3) is 6.08 Å². The molecule has 0 unspecified atom stereocenters. The summed E-state index contributed by atoms with van der Waals surface area (Å²) in [5, 5.41) is 8.55. The first-order valence-corrected chi connectivity index (χ1v) is 5.53. The number of benzene rings is 1. The molecule has 8 nitrogen and oxygen atoms in total. The van der Waals surface area contributed by atoms with Gasteiger partial charge in [-0.25, -0.2) is 14.4 Å². The molecule has 0 spiro atoms. The first-order chi connectivity index (χ1) is 9.96. The second-order valence-corrected chi connectivity index (χ2v) is 3.49. The number of ether oxygens (including phenoxy) is 4. The fourth-order valence-electron chi connectivity index (χ4n) is 1.22. The van der Waals surface area contributed by atoms with Crippen LogP contribution in [0.5, 0.6) is 11.5 Å². The Hall–Kier alpha value is -3.03. The second kappa shape index (κ2) is 7.53. The van der Waals surface area contributed by atoms with E-state index in [1.807, 2.05) is 0 Å². The van der Waals surface area contributed by atoms with Crippen molar-refractivity contribution in [3.05, 3.63) is 29.8 Å². The van der Waals surface area contributed by atoms with Crippen LogP contribution in [0.3, 0.4) is 0 Å². The Morgan fingerprint density at radius 3 is 2.10 bits per heavy atom. The molecule has 1 rings (SSSR count). The van der Waals surface area contributed by atoms with Crippen LogP contribution < -0.4 is 9.47 Å². The minimum Gasteiger partial charge on any atom is -0.478 e. The van der Waals surface area contributed by atoms with Crippen molar-refractivity contribution in [3.8, 4) is 11.5 Å². The van der Waals surface area contributed by atoms with E-state index in [4.69, 9.17) is 14.6 Å². The van der Waals surface area contributed by atoms with Gasteiger partial charge in [0.25, 0.3) is 0 Å². The van der Waals surface area contributed by atoms with Crippen LogP contribution in [0.4, 0.5) is 9.59 Å². The third kappa shape index (κ3) is 5.23. The van der Waals surface area contributed by atoms with Crippen LogP contribution in [0, 0.1) is 0 Å². The predicted molar refractivity (Wildman–Crippen MR) is 69.2 cm³/mol. The van der Waals surface area contributed by atoms with Gasteiger partial charge in [-0.15, -0.1) is 0 Å². The van der Waals surface area contributed by atoms with E-state index in [0.717, 1.165) is 20.3 Å². The van der Waals surface area contributed by atoms with E-state index in [9.17, 15) is 14.4 Å². The number of carboxylic acid groups (broad SMARTS) is 1. The number of aliphatic carboxylic acids is 1. The van der Waals surface area contributed by atoms with Gasteiger partial charge in [-0.05, 0) is 23.8 Å². The van der Waals surface area contributed by atoms with E-state index >= 15 is 0 Å². The fraction of sp³-hybridized carbons (Fsp3) is 0.154. The highest BCUT2D eigenvalue weighted by molar-refractivity contribution is 5.85. The summed E-state index contributed by atoms with van der Waals surface area (Å²) in [4.78, 5) is 32.7. The highest BCUT2D eigenvalue weighted by Gasteiger charge is 2.14. The van der Waals surface area contributed by atoms with Crippen molar-refractivity contribution >= 4 is 24.4 Å². The summed E-state index contributed by atoms with van der Waals surface area (Å²) in [6.07, 6.45) is 0.148. The van der Waals surface area contributed by atoms with Gasteiger partial charge in [-0.1, -0.05) is 6.07 Å². The Morgan fingerprint density at radius 1 is 1.00 bits per heavy atom. The van der Waals surface area contributed by atoms with E-state index in [1.165, 1.54) is 24.3 Å². The average molecular weight is 296 g/mol. The molecule has 0 bridgehead atoms. The summed E-state index contributed by atoms with van der Waals surface area (Å²) in [6, 6.07) is 4.08. The predicted octanol–water partition coefficient (Wildman–Crippen LogP) is 2.07. The Balaban J connectivity index is 3.09. The molecular weight excluding hydrogens is 284 g/mol. The SMILES string of the molecule is COC(=O)Oc1ccc(C=CC(=O)O)cc1OC(=O)OC. The lowest BCUT2D eigenvalue weighted by atomic mass is 10.2. The molecule has 1 aromatic carbocycles. The Morgan fingerprint density at radius 2 is 1.57 bits per heavy atom. The van der Waals surface area contributed by atoms with Crippen LogP contribution >= 0.6 is 0 Å². The van der Waals surface area contributed by atoms with E-state index < -0.39 is 18.3 Å². The fourth-order valence-corrected chi connectivity index (χ4v) is 1.22. The Labute approximate surface area is 119 Å². The number of carbonyl (C=O) groups excluding carboxylic acids is 2. The summed E-state index contributed by atoms with van der Waals surface area (Å²) in [6.45, 7) is 0. The maximum absolute atomic E-state index is 11.1. The number of carbonyl (C=O) groups is 3. The van der Waals surface area contributed by atoms with E-state index in [2.05, 4.69) is 9.47 Å². The molecular formula is C13H12O8. The van der Waals surface area contributed by atoms with Gasteiger partial charge in [-0.2, -0.15) is 0 Å². The van der Waals surface area contributed by atoms with Gasteiger partial charge in [0, 0.05) is 6.08 Å². The molecule has 0 fully saturated rings. The highest BCUT2D eigenvalue weighted by atomic mass is 16.7. The van der Waals surface area contributed by atoms with Gasteiger partial charge >= 0.3 is 18.3 Å². The van der Waals surface area contributed by atoms with Crippen LogP contribution in [0.1, 0.15) is 5.56 Å². The normalized spacial score (nSPS) is 10.0. The van der Waals surface area contributed by atoms with Crippen LogP contribution in [-0.4, -0.2) is 37.6 Å². The minimum absolute atomic E-state index is 0.0836. The first-order valence-electron chi connectivity index (χ1n) is 5.53. The molecule has 8 heteroatoms. The Bertz CT molecular complexity index is 576. The number of methoxy groups -OCH3 is 2. The summed E-state index contributed by atoms with van der Waals surface area (Å²) in [7, 11) is 2.23. The largest absolute Gasteiger partial charge is 0.513 e. The lowest BCUT2D eigenvalue weighted by molar-refractivity contribution is -0.131. The van der Waals surface area contributed by atoms with Crippen LogP contribution in [-0.2, 0) is 14.3 Å². The maximum Gasteiger partial charge on any atom is 0.513 e. The van der Waals surface area contributed by atoms with Gasteiger partial charge in [0.15, 0.2) is 11.5 Å². The smallest absolute Gasteiger partial charge is 0.478 e. The topological polar surface area (TPSA) is 108 Å². The van der Waals surface area contributed by atoms with Crippen molar-refractivity contribution in [1.29, 1.82) is 0 Å². The molecule has 0 radical (unpaired) electrons. The molecule has 112 valence electrons. The second-order valence-electron chi connectivity index (χ2n) is 3.49. The molecule has 21 heavy (non-hydrogen) atoms. The third-order valence-electron chi connectivity index (χ3n) is 2.11. The Kier molecular flexibility index (Phi) is 5.75. The van der Waals surface area contributed by atoms with E-state index in [0.29, 0.717) is 5.56 Å². The first kappa shape index (κ1) is 16.0. The molecule has 0 saturated heterocycles. The van der Waals surface area contributed by atoms with Crippen molar-refractivity contribution in [3.63, 3.8) is 0 Å². The van der Waals surface area contributed by atoms with Crippen molar-refractivity contribution < 1.29 is 38.4 Å². The van der Waals surface area contributed by atoms with Crippen LogP contribution in [0.2, 0.25) is 0 Å². The zero-order valence-corrected chi connectivity index (χ0v) is 11.2. The van der Waals surface area contributed by atoms with Crippen LogP contribution in [0.15, 0.2) is 24.3 Å². The zero-order chi connectivity index (χ0) is 15.8. The maximum atomic E-state index is 11.1. The number of carboxylic acids is 1. The molecule has 0 aromatic heterocycles. The number of hydrogen-bond donors (Lipinski definition) is 1. The molecule has 1 N–H and O–H groups in total. The molecule has 0 heterocycles. The third-order valence-corrected chi connectivity index (χ3v) is 2.11. The molecule has 0 atom stereocenters. The lowest BCUT2D eigenvalue weighted by Crippen LogP contribution is -2.12. The highest BCUT2D eigenvalue weighted by Crippen LogP contribution is 2.29. The van der Waals surface area contributed by atoms with Gasteiger partial charge < -0.3 is 24.1 Å². The molecule has 0 aliphatic carbocycles. The number of rotatable bonds is 4. The van der Waals surface area contributed by atoms with Gasteiger partial charge in [0.1, 0.15) is 0 Å². The monoisotopic (exact) mass is 296 g/mol. The van der Waals surface area contributed by atoms with Gasteiger partial charge in [-0.3, -0.25) is 0 Å². The average Bonchev–Trinajstić information content (AvgIpc) is 2.46. The standard InChI is InChI=1S/C13H12O8/c1-18-12(16)20-9-5-3-8(4-6-11(14)15)7-10(9)21-13(17)19-2/h3-7H,1-2H3,(H,14,15). The lowest BCUT2D eigenvalue weighted by Gasteiger charge is -2.09. The minimum atomic E-state index is -1.14. The van der Waals surface area contributed by atoms with Crippen molar-refractivity contribution in [2.24, 2.45) is 0 Å². The molecule has 0 saturated carbocycles. The van der Waals surface area contributed by atoms with Gasteiger partial charge in [0.05, 0.1) is 14.2 Å². The van der Waals surface area contributed by atoms with E-state index in [-0.39, 0.29) is 11.5 Å². The summed E-state index contributed by atoms with van der Waals surface area (Å²) < 4.78 is 18.3. The summed E-state index contributed by atoms with van der Waals surface area (Å²) >= 11 is 0. The summed E-state index contributed by atoms with van der Waals surface area (Å²) in [5.41, 5.74) is 0.411. The molecule has 0 aliphatic heterocycles. The quantitative estimate of drug-likeness (QED) is 0.511. The molecule has 1 aromatic rings. The molecule has 0 aliphatic rings. The molecule has 0 amide bonds. The van der Waals surface area contributed by atoms with Crippen molar-refractivity contribution in [2.75, 3.05) is 14.2 Å². The van der Waals surface area contributed by atoms with Gasteiger partial charge in [0.2, 0.25) is 0 Å². The zero-order valence-electron chi connectivity index (χ0n) is 11.2. The summed E-state index contributed by atoms with van der Waals surface area (Å²) in [5.74, 6) is -1.35. The van der Waals surface area contributed by atoms with Crippen molar-refractivity contribution in [2.45, 2.75) is 0 Å².